The minimum atomic E-state index is 0.652. The molecule has 0 aliphatic carbocycles. The Morgan fingerprint density at radius 1 is 0.938 bits per heavy atom. The number of rotatable bonds is 1. The van der Waals surface area contributed by atoms with Crippen LogP contribution >= 0.6 is 11.6 Å². The Labute approximate surface area is 99.7 Å². The van der Waals surface area contributed by atoms with E-state index in [1.54, 1.807) is 24.3 Å². The molecule has 2 rings (SSSR count). The van der Waals surface area contributed by atoms with Crippen molar-refractivity contribution in [3.63, 3.8) is 0 Å². The summed E-state index contributed by atoms with van der Waals surface area (Å²) in [6.07, 6.45) is 0.788. The quantitative estimate of drug-likeness (QED) is 0.606. The molecule has 0 aliphatic rings. The lowest BCUT2D eigenvalue weighted by Crippen LogP contribution is -1.79. The molecule has 0 bridgehead atoms. The predicted octanol–water partition coefficient (Wildman–Crippen LogP) is 3.42. The first-order valence-corrected chi connectivity index (χ1v) is 5.11. The van der Waals surface area contributed by atoms with Crippen LogP contribution < -0.4 is 5.73 Å². The van der Waals surface area contributed by atoms with Gasteiger partial charge in [0.05, 0.1) is 0 Å². The van der Waals surface area contributed by atoms with Gasteiger partial charge in [0.15, 0.2) is 0 Å². The highest BCUT2D eigenvalue weighted by molar-refractivity contribution is 6.30. The Bertz CT molecular complexity index is 425. The smallest absolute Gasteiger partial charge is 0.150 e. The number of nitrogen functional groups attached to an aromatic ring is 1. The van der Waals surface area contributed by atoms with Crippen molar-refractivity contribution in [1.29, 1.82) is 0 Å². The van der Waals surface area contributed by atoms with Crippen LogP contribution in [0.4, 0.5) is 5.69 Å². The molecular formula is C13H12ClNO. The summed E-state index contributed by atoms with van der Waals surface area (Å²) in [7, 11) is 0. The maximum atomic E-state index is 10.1. The second-order valence-corrected chi connectivity index (χ2v) is 3.52. The number of carbonyl (C=O) groups excluding carboxylic acids is 1. The van der Waals surface area contributed by atoms with Gasteiger partial charge in [-0.15, -0.1) is 0 Å². The summed E-state index contributed by atoms with van der Waals surface area (Å²) in [5.41, 5.74) is 6.83. The normalized spacial score (nSPS) is 8.81. The average Bonchev–Trinajstić information content (AvgIpc) is 2.32. The zero-order valence-electron chi connectivity index (χ0n) is 8.64. The zero-order valence-corrected chi connectivity index (χ0v) is 9.39. The van der Waals surface area contributed by atoms with Crippen LogP contribution in [0.1, 0.15) is 10.4 Å². The first-order chi connectivity index (χ1) is 7.72. The molecule has 0 radical (unpaired) electrons. The molecule has 0 spiro atoms. The van der Waals surface area contributed by atoms with Crippen LogP contribution in [0, 0.1) is 0 Å². The van der Waals surface area contributed by atoms with Crippen molar-refractivity contribution < 1.29 is 4.79 Å². The van der Waals surface area contributed by atoms with E-state index in [0.29, 0.717) is 10.6 Å². The fourth-order valence-corrected chi connectivity index (χ4v) is 1.12. The van der Waals surface area contributed by atoms with Crippen molar-refractivity contribution in [3.8, 4) is 0 Å². The van der Waals surface area contributed by atoms with Crippen molar-refractivity contribution in [1.82, 2.24) is 0 Å². The van der Waals surface area contributed by atoms with Crippen LogP contribution in [0.15, 0.2) is 54.6 Å². The van der Waals surface area contributed by atoms with Gasteiger partial charge in [0.25, 0.3) is 0 Å². The van der Waals surface area contributed by atoms with E-state index in [-0.39, 0.29) is 0 Å². The lowest BCUT2D eigenvalue weighted by atomic mass is 10.2. The van der Waals surface area contributed by atoms with Gasteiger partial charge in [0.1, 0.15) is 6.29 Å². The third-order valence-corrected chi connectivity index (χ3v) is 2.06. The molecule has 82 valence electrons. The molecule has 0 fully saturated rings. The predicted molar refractivity (Wildman–Crippen MR) is 67.7 cm³/mol. The minimum Gasteiger partial charge on any atom is -0.399 e. The molecule has 2 aromatic rings. The first-order valence-electron chi connectivity index (χ1n) is 4.73. The highest BCUT2D eigenvalue weighted by Crippen LogP contribution is 2.07. The average molecular weight is 234 g/mol. The van der Waals surface area contributed by atoms with Gasteiger partial charge in [-0.3, -0.25) is 4.79 Å². The molecule has 0 atom stereocenters. The lowest BCUT2D eigenvalue weighted by Gasteiger charge is -1.87. The summed E-state index contributed by atoms with van der Waals surface area (Å²) in [6.45, 7) is 0. The SMILES string of the molecule is Nc1ccccc1.O=Cc1ccc(Cl)cc1. The third-order valence-electron chi connectivity index (χ3n) is 1.81. The van der Waals surface area contributed by atoms with Gasteiger partial charge >= 0.3 is 0 Å². The molecule has 0 aliphatic heterocycles. The second-order valence-electron chi connectivity index (χ2n) is 3.08. The van der Waals surface area contributed by atoms with Gasteiger partial charge < -0.3 is 5.73 Å². The fraction of sp³-hybridized carbons (Fsp3) is 0. The molecule has 0 unspecified atom stereocenters. The number of halogens is 1. The summed E-state index contributed by atoms with van der Waals surface area (Å²) in [4.78, 5) is 10.1. The molecule has 2 nitrogen and oxygen atoms in total. The van der Waals surface area contributed by atoms with Gasteiger partial charge in [0.2, 0.25) is 0 Å². The van der Waals surface area contributed by atoms with Crippen molar-refractivity contribution in [2.75, 3.05) is 5.73 Å². The maximum Gasteiger partial charge on any atom is 0.150 e. The van der Waals surface area contributed by atoms with Gasteiger partial charge in [-0.2, -0.15) is 0 Å². The standard InChI is InChI=1S/C7H5ClO.C6H7N/c8-7-3-1-6(5-9)2-4-7;7-6-4-2-1-3-5-6/h1-5H;1-5H,7H2. The van der Waals surface area contributed by atoms with Gasteiger partial charge in [0, 0.05) is 16.3 Å². The summed E-state index contributed by atoms with van der Waals surface area (Å²) in [6, 6.07) is 16.2. The van der Waals surface area contributed by atoms with E-state index in [9.17, 15) is 4.79 Å². The van der Waals surface area contributed by atoms with Gasteiger partial charge in [-0.05, 0) is 24.3 Å². The van der Waals surface area contributed by atoms with Crippen molar-refractivity contribution in [2.24, 2.45) is 0 Å². The van der Waals surface area contributed by atoms with E-state index in [1.807, 2.05) is 30.3 Å². The lowest BCUT2D eigenvalue weighted by molar-refractivity contribution is 0.112. The van der Waals surface area contributed by atoms with E-state index >= 15 is 0 Å². The van der Waals surface area contributed by atoms with Crippen LogP contribution in [-0.2, 0) is 0 Å². The number of carbonyl (C=O) groups is 1. The number of nitrogens with two attached hydrogens (primary N) is 1. The van der Waals surface area contributed by atoms with Crippen LogP contribution in [0.3, 0.4) is 0 Å². The molecular weight excluding hydrogens is 222 g/mol. The van der Waals surface area contributed by atoms with E-state index in [0.717, 1.165) is 12.0 Å². The number of aldehydes is 1. The fourth-order valence-electron chi connectivity index (χ4n) is 0.994. The number of hydrogen-bond donors (Lipinski definition) is 1. The van der Waals surface area contributed by atoms with Gasteiger partial charge in [-0.1, -0.05) is 41.9 Å². The molecule has 0 saturated carbocycles. The summed E-state index contributed by atoms with van der Waals surface area (Å²) < 4.78 is 0. The van der Waals surface area contributed by atoms with E-state index in [2.05, 4.69) is 0 Å². The zero-order chi connectivity index (χ0) is 11.8. The molecule has 2 N–H and O–H groups in total. The Hall–Kier alpha value is -1.80. The Kier molecular flexibility index (Phi) is 5.09. The first kappa shape index (κ1) is 12.3. The largest absolute Gasteiger partial charge is 0.399 e. The molecule has 0 saturated heterocycles. The Balaban J connectivity index is 0.000000165. The summed E-state index contributed by atoms with van der Waals surface area (Å²) in [5, 5.41) is 0.653. The van der Waals surface area contributed by atoms with Crippen molar-refractivity contribution in [2.45, 2.75) is 0 Å². The van der Waals surface area contributed by atoms with Crippen LogP contribution in [0.25, 0.3) is 0 Å². The van der Waals surface area contributed by atoms with Crippen molar-refractivity contribution >= 4 is 23.6 Å². The molecule has 3 heteroatoms. The topological polar surface area (TPSA) is 43.1 Å². The number of para-hydroxylation sites is 1. The summed E-state index contributed by atoms with van der Waals surface area (Å²) in [5.74, 6) is 0. The second kappa shape index (κ2) is 6.64. The van der Waals surface area contributed by atoms with Crippen LogP contribution in [0.5, 0.6) is 0 Å². The molecule has 2 aromatic carbocycles. The van der Waals surface area contributed by atoms with Crippen LogP contribution in [-0.4, -0.2) is 6.29 Å². The maximum absolute atomic E-state index is 10.1. The summed E-state index contributed by atoms with van der Waals surface area (Å²) >= 11 is 5.55. The Morgan fingerprint density at radius 2 is 1.50 bits per heavy atom. The third kappa shape index (κ3) is 4.62. The number of hydrogen-bond acceptors (Lipinski definition) is 2. The highest BCUT2D eigenvalue weighted by Gasteiger charge is 1.86. The number of anilines is 1. The molecule has 0 aromatic heterocycles. The van der Waals surface area contributed by atoms with Crippen LogP contribution in [0.2, 0.25) is 5.02 Å². The minimum absolute atomic E-state index is 0.652. The molecule has 0 heterocycles. The van der Waals surface area contributed by atoms with E-state index in [1.165, 1.54) is 0 Å². The van der Waals surface area contributed by atoms with E-state index < -0.39 is 0 Å². The molecule has 16 heavy (non-hydrogen) atoms. The van der Waals surface area contributed by atoms with Crippen molar-refractivity contribution in [3.05, 3.63) is 65.2 Å². The Morgan fingerprint density at radius 3 is 1.88 bits per heavy atom. The number of benzene rings is 2. The molecule has 0 amide bonds. The van der Waals surface area contributed by atoms with E-state index in [4.69, 9.17) is 17.3 Å². The van der Waals surface area contributed by atoms with Gasteiger partial charge in [-0.25, -0.2) is 0 Å². The monoisotopic (exact) mass is 233 g/mol. The highest BCUT2D eigenvalue weighted by atomic mass is 35.5.